The molecule has 4 nitrogen and oxygen atoms in total. The smallest absolute Gasteiger partial charge is 0.0745 e. The molecule has 0 atom stereocenters. The highest BCUT2D eigenvalue weighted by atomic mass is 32.1. The first-order chi connectivity index (χ1) is 30.7. The van der Waals surface area contributed by atoms with Crippen LogP contribution in [0.4, 0.5) is 0 Å². The van der Waals surface area contributed by atoms with Gasteiger partial charge in [-0.15, -0.1) is 22.7 Å². The van der Waals surface area contributed by atoms with E-state index in [1.54, 1.807) is 22.7 Å². The average molecular weight is 827 g/mol. The zero-order valence-electron chi connectivity index (χ0n) is 33.2. The standard InChI is InChI=1S/C56H34N4S2/c1-5-17-37-33(11-1)15-9-19-39(37)53-41-23-27-45(57-41)55(51-31-35-13-3-7-21-49(35)61-51)47-29-25-43(59-47)54(40-20-10-16-34-12-2-6-18-38(34)40)44-26-30-48(60-44)56(46-28-24-42(53)58-46)52-32-36-14-4-8-22-50(36)62-52/h1-32,57,60H. The van der Waals surface area contributed by atoms with Gasteiger partial charge < -0.3 is 9.97 Å². The molecule has 2 aliphatic rings. The number of hydrogen-bond donors (Lipinski definition) is 2. The number of nitrogens with zero attached hydrogens (tertiary/aromatic N) is 2. The second kappa shape index (κ2) is 14.0. The maximum Gasteiger partial charge on any atom is 0.0745 e. The van der Waals surface area contributed by atoms with Gasteiger partial charge in [-0.1, -0.05) is 121 Å². The number of nitrogens with one attached hydrogen (secondary N) is 2. The maximum atomic E-state index is 5.60. The van der Waals surface area contributed by atoms with Crippen LogP contribution in [0.3, 0.4) is 0 Å². The highest BCUT2D eigenvalue weighted by molar-refractivity contribution is 7.22. The van der Waals surface area contributed by atoms with E-state index < -0.39 is 0 Å². The van der Waals surface area contributed by atoms with Crippen LogP contribution in [0.25, 0.3) is 131 Å². The monoisotopic (exact) mass is 826 g/mol. The van der Waals surface area contributed by atoms with E-state index in [9.17, 15) is 0 Å². The van der Waals surface area contributed by atoms with Gasteiger partial charge in [0.15, 0.2) is 0 Å². The SMILES string of the molecule is C1=Cc2nc1c(-c1cc3ccccc3s1)c1ccc([nH]1)c(-c1cccc3ccccc13)c1nc(c(-c3cc4ccccc4s3)c3ccc([nH]3)c2-c2cccc3ccccc23)C=C1. The van der Waals surface area contributed by atoms with Crippen molar-refractivity contribution in [3.05, 3.63) is 193 Å². The Labute approximate surface area is 364 Å². The lowest BCUT2D eigenvalue weighted by Crippen LogP contribution is -1.90. The lowest BCUT2D eigenvalue weighted by Gasteiger charge is -2.09. The van der Waals surface area contributed by atoms with Gasteiger partial charge in [-0.3, -0.25) is 0 Å². The largest absolute Gasteiger partial charge is 0.354 e. The molecule has 0 saturated carbocycles. The van der Waals surface area contributed by atoms with Gasteiger partial charge in [-0.25, -0.2) is 9.97 Å². The predicted molar refractivity (Wildman–Crippen MR) is 266 cm³/mol. The molecule has 0 amide bonds. The van der Waals surface area contributed by atoms with Crippen molar-refractivity contribution in [2.24, 2.45) is 0 Å². The molecule has 8 bridgehead atoms. The molecule has 2 N–H and O–H groups in total. The van der Waals surface area contributed by atoms with Gasteiger partial charge in [-0.2, -0.15) is 0 Å². The lowest BCUT2D eigenvalue weighted by atomic mass is 9.97. The fourth-order valence-corrected chi connectivity index (χ4v) is 11.6. The summed E-state index contributed by atoms with van der Waals surface area (Å²) < 4.78 is 2.48. The van der Waals surface area contributed by atoms with E-state index in [2.05, 4.69) is 204 Å². The topological polar surface area (TPSA) is 57.4 Å². The third-order valence-corrected chi connectivity index (χ3v) is 14.5. The van der Waals surface area contributed by atoms with Crippen LogP contribution < -0.4 is 0 Å². The van der Waals surface area contributed by atoms with Crippen LogP contribution in [0.5, 0.6) is 0 Å². The van der Waals surface area contributed by atoms with Crippen molar-refractivity contribution in [2.45, 2.75) is 0 Å². The summed E-state index contributed by atoms with van der Waals surface area (Å²) in [5.41, 5.74) is 14.1. The Morgan fingerprint density at radius 3 is 1.11 bits per heavy atom. The van der Waals surface area contributed by atoms with E-state index in [1.807, 2.05) is 0 Å². The summed E-state index contributed by atoms with van der Waals surface area (Å²) >= 11 is 3.60. The molecule has 0 spiro atoms. The van der Waals surface area contributed by atoms with Gasteiger partial charge in [0.1, 0.15) is 0 Å². The van der Waals surface area contributed by atoms with E-state index in [-0.39, 0.29) is 0 Å². The predicted octanol–water partition coefficient (Wildman–Crippen LogP) is 16.1. The van der Waals surface area contributed by atoms with Crippen molar-refractivity contribution >= 4 is 111 Å². The number of fused-ring (bicyclic) bond motifs is 12. The zero-order valence-corrected chi connectivity index (χ0v) is 34.8. The first-order valence-corrected chi connectivity index (χ1v) is 22.4. The van der Waals surface area contributed by atoms with Crippen LogP contribution in [0.2, 0.25) is 0 Å². The minimum Gasteiger partial charge on any atom is -0.354 e. The van der Waals surface area contributed by atoms with E-state index in [0.717, 1.165) is 88.0 Å². The fraction of sp³-hybridized carbons (Fsp3) is 0. The van der Waals surface area contributed by atoms with E-state index in [4.69, 9.17) is 9.97 Å². The summed E-state index contributed by atoms with van der Waals surface area (Å²) in [5, 5.41) is 7.16. The first-order valence-electron chi connectivity index (χ1n) is 20.8. The second-order valence-corrected chi connectivity index (χ2v) is 18.0. The highest BCUT2D eigenvalue weighted by Crippen LogP contribution is 2.44. The number of aromatic nitrogens is 4. The molecule has 5 aromatic heterocycles. The molecule has 13 rings (SSSR count). The fourth-order valence-electron chi connectivity index (χ4n) is 9.39. The van der Waals surface area contributed by atoms with Crippen LogP contribution in [-0.4, -0.2) is 19.9 Å². The molecule has 62 heavy (non-hydrogen) atoms. The molecule has 6 aromatic carbocycles. The highest BCUT2D eigenvalue weighted by Gasteiger charge is 2.21. The van der Waals surface area contributed by atoms with Crippen molar-refractivity contribution < 1.29 is 0 Å². The molecule has 0 aliphatic carbocycles. The van der Waals surface area contributed by atoms with Gasteiger partial charge in [-0.05, 0) is 116 Å². The first kappa shape index (κ1) is 35.1. The number of aromatic amines is 2. The van der Waals surface area contributed by atoms with Crippen molar-refractivity contribution in [3.8, 4) is 43.1 Å². The van der Waals surface area contributed by atoms with E-state index >= 15 is 0 Å². The molecule has 290 valence electrons. The van der Waals surface area contributed by atoms with Crippen LogP contribution in [-0.2, 0) is 0 Å². The molecule has 0 radical (unpaired) electrons. The summed E-state index contributed by atoms with van der Waals surface area (Å²) in [6.45, 7) is 0. The van der Waals surface area contributed by atoms with Crippen LogP contribution in [0.15, 0.2) is 170 Å². The van der Waals surface area contributed by atoms with Gasteiger partial charge in [0.05, 0.1) is 22.8 Å². The van der Waals surface area contributed by atoms with Crippen LogP contribution >= 0.6 is 22.7 Å². The Kier molecular flexibility index (Phi) is 7.92. The van der Waals surface area contributed by atoms with Crippen molar-refractivity contribution in [1.82, 2.24) is 19.9 Å². The lowest BCUT2D eigenvalue weighted by molar-refractivity contribution is 1.31. The summed E-state index contributed by atoms with van der Waals surface area (Å²) in [7, 11) is 0. The Balaban J connectivity index is 1.22. The molecule has 2 aliphatic heterocycles. The normalized spacial score (nSPS) is 12.4. The number of thiophene rings is 2. The Bertz CT molecular complexity index is 3560. The maximum absolute atomic E-state index is 5.60. The van der Waals surface area contributed by atoms with Crippen LogP contribution in [0.1, 0.15) is 22.8 Å². The van der Waals surface area contributed by atoms with Gasteiger partial charge in [0.2, 0.25) is 0 Å². The Morgan fingerprint density at radius 1 is 0.323 bits per heavy atom. The van der Waals surface area contributed by atoms with Crippen molar-refractivity contribution in [1.29, 1.82) is 0 Å². The van der Waals surface area contributed by atoms with Crippen LogP contribution in [0, 0.1) is 0 Å². The quantitative estimate of drug-likeness (QED) is 0.186. The summed E-state index contributed by atoms with van der Waals surface area (Å²) in [6, 6.07) is 61.1. The minimum absolute atomic E-state index is 0.905. The summed E-state index contributed by atoms with van der Waals surface area (Å²) in [4.78, 5) is 21.4. The number of hydrogen-bond acceptors (Lipinski definition) is 4. The van der Waals surface area contributed by atoms with Gasteiger partial charge in [0, 0.05) is 63.5 Å². The minimum atomic E-state index is 0.905. The van der Waals surface area contributed by atoms with Gasteiger partial charge in [0.25, 0.3) is 0 Å². The molecule has 0 unspecified atom stereocenters. The average Bonchev–Trinajstić information content (AvgIpc) is 4.18. The third-order valence-electron chi connectivity index (χ3n) is 12.2. The molecule has 6 heteroatoms. The molecule has 0 fully saturated rings. The number of H-pyrrole nitrogens is 2. The Hall–Kier alpha value is -7.64. The summed E-state index contributed by atoms with van der Waals surface area (Å²) in [5.74, 6) is 0. The number of rotatable bonds is 4. The molecule has 7 heterocycles. The molecule has 0 saturated heterocycles. The van der Waals surface area contributed by atoms with Crippen molar-refractivity contribution in [3.63, 3.8) is 0 Å². The zero-order chi connectivity index (χ0) is 40.7. The number of benzene rings is 6. The van der Waals surface area contributed by atoms with E-state index in [0.29, 0.717) is 0 Å². The summed E-state index contributed by atoms with van der Waals surface area (Å²) in [6.07, 6.45) is 8.77. The third kappa shape index (κ3) is 5.65. The van der Waals surface area contributed by atoms with E-state index in [1.165, 1.54) is 41.7 Å². The second-order valence-electron chi connectivity index (χ2n) is 15.9. The Morgan fingerprint density at radius 2 is 0.677 bits per heavy atom. The molecular formula is C56H34N4S2. The van der Waals surface area contributed by atoms with Gasteiger partial charge >= 0.3 is 0 Å². The molecule has 11 aromatic rings. The van der Waals surface area contributed by atoms with Crippen molar-refractivity contribution in [2.75, 3.05) is 0 Å². The molecular weight excluding hydrogens is 793 g/mol.